The van der Waals surface area contributed by atoms with E-state index in [1.807, 2.05) is 0 Å². The third-order valence-electron chi connectivity index (χ3n) is 2.18. The van der Waals surface area contributed by atoms with Crippen LogP contribution in [-0.2, 0) is 16.1 Å². The number of hydrogen-bond acceptors (Lipinski definition) is 3. The Kier molecular flexibility index (Phi) is 5.36. The molecule has 1 aromatic rings. The topological polar surface area (TPSA) is 38.3 Å². The Morgan fingerprint density at radius 2 is 2.18 bits per heavy atom. The molecule has 0 spiro atoms. The van der Waals surface area contributed by atoms with Crippen molar-refractivity contribution in [1.82, 2.24) is 5.32 Å². The Bertz CT molecular complexity index is 404. The van der Waals surface area contributed by atoms with Crippen molar-refractivity contribution < 1.29 is 13.9 Å². The highest BCUT2D eigenvalue weighted by Gasteiger charge is 2.07. The molecule has 3 nitrogen and oxygen atoms in total. The summed E-state index contributed by atoms with van der Waals surface area (Å²) in [6.07, 6.45) is 0. The zero-order valence-electron chi connectivity index (χ0n) is 9.83. The van der Waals surface area contributed by atoms with Crippen LogP contribution in [0.15, 0.2) is 36.4 Å². The van der Waals surface area contributed by atoms with E-state index in [9.17, 15) is 9.18 Å². The van der Waals surface area contributed by atoms with Crippen molar-refractivity contribution >= 4 is 5.97 Å². The minimum atomic E-state index is -0.423. The van der Waals surface area contributed by atoms with Crippen molar-refractivity contribution in [2.24, 2.45) is 0 Å². The Morgan fingerprint density at radius 3 is 2.82 bits per heavy atom. The molecule has 0 saturated heterocycles. The first kappa shape index (κ1) is 13.4. The number of nitrogens with one attached hydrogen (secondary N) is 1. The highest BCUT2D eigenvalue weighted by atomic mass is 19.1. The number of rotatable bonds is 6. The average Bonchev–Trinajstić information content (AvgIpc) is 2.31. The van der Waals surface area contributed by atoms with Crippen LogP contribution in [0.25, 0.3) is 0 Å². The second-order valence-corrected chi connectivity index (χ2v) is 3.52. The molecule has 1 aromatic carbocycles. The molecule has 0 aliphatic rings. The van der Waals surface area contributed by atoms with E-state index >= 15 is 0 Å². The van der Waals surface area contributed by atoms with Gasteiger partial charge in [0, 0.05) is 24.2 Å². The van der Waals surface area contributed by atoms with Crippen molar-refractivity contribution in [2.75, 3.05) is 13.2 Å². The number of carbonyl (C=O) groups is 1. The molecule has 4 heteroatoms. The Hall–Kier alpha value is -1.68. The van der Waals surface area contributed by atoms with Gasteiger partial charge in [0.05, 0.1) is 6.61 Å². The summed E-state index contributed by atoms with van der Waals surface area (Å²) >= 11 is 0. The van der Waals surface area contributed by atoms with Gasteiger partial charge in [0.1, 0.15) is 5.82 Å². The van der Waals surface area contributed by atoms with E-state index in [0.29, 0.717) is 24.3 Å². The highest BCUT2D eigenvalue weighted by Crippen LogP contribution is 2.05. The summed E-state index contributed by atoms with van der Waals surface area (Å²) in [6, 6.07) is 6.49. The first-order valence-corrected chi connectivity index (χ1v) is 5.44. The maximum atomic E-state index is 13.2. The van der Waals surface area contributed by atoms with Gasteiger partial charge in [0.25, 0.3) is 0 Å². The van der Waals surface area contributed by atoms with E-state index in [-0.39, 0.29) is 12.4 Å². The van der Waals surface area contributed by atoms with Gasteiger partial charge in [-0.3, -0.25) is 0 Å². The van der Waals surface area contributed by atoms with Crippen molar-refractivity contribution in [3.63, 3.8) is 0 Å². The Balaban J connectivity index is 2.36. The van der Waals surface area contributed by atoms with E-state index in [1.165, 1.54) is 6.07 Å². The number of carbonyl (C=O) groups excluding carboxylic acids is 1. The van der Waals surface area contributed by atoms with E-state index in [0.717, 1.165) is 0 Å². The number of benzene rings is 1. The van der Waals surface area contributed by atoms with Gasteiger partial charge in [-0.15, -0.1) is 0 Å². The van der Waals surface area contributed by atoms with Gasteiger partial charge < -0.3 is 10.1 Å². The summed E-state index contributed by atoms with van der Waals surface area (Å²) in [4.78, 5) is 11.2. The minimum absolute atomic E-state index is 0.262. The monoisotopic (exact) mass is 237 g/mol. The van der Waals surface area contributed by atoms with Crippen LogP contribution in [0.1, 0.15) is 12.5 Å². The Labute approximate surface area is 100 Å². The molecular formula is C13H16FNO2. The summed E-state index contributed by atoms with van der Waals surface area (Å²) < 4.78 is 18.0. The Morgan fingerprint density at radius 1 is 1.47 bits per heavy atom. The molecular weight excluding hydrogens is 221 g/mol. The number of esters is 1. The first-order chi connectivity index (χ1) is 8.15. The molecule has 17 heavy (non-hydrogen) atoms. The maximum absolute atomic E-state index is 13.2. The van der Waals surface area contributed by atoms with Crippen LogP contribution >= 0.6 is 0 Å². The van der Waals surface area contributed by atoms with E-state index in [2.05, 4.69) is 11.9 Å². The summed E-state index contributed by atoms with van der Waals surface area (Å²) in [5.41, 5.74) is 0.896. The fourth-order valence-electron chi connectivity index (χ4n) is 1.30. The van der Waals surface area contributed by atoms with Crippen LogP contribution in [0, 0.1) is 5.82 Å². The quantitative estimate of drug-likeness (QED) is 0.607. The molecule has 0 aliphatic carbocycles. The van der Waals surface area contributed by atoms with Crippen LogP contribution in [0.5, 0.6) is 0 Å². The van der Waals surface area contributed by atoms with Crippen LogP contribution in [0.2, 0.25) is 0 Å². The van der Waals surface area contributed by atoms with Gasteiger partial charge in [-0.2, -0.15) is 0 Å². The molecule has 0 saturated carbocycles. The normalized spacial score (nSPS) is 10.0. The van der Waals surface area contributed by atoms with Gasteiger partial charge in [-0.1, -0.05) is 24.8 Å². The van der Waals surface area contributed by atoms with Gasteiger partial charge in [0.15, 0.2) is 0 Å². The largest absolute Gasteiger partial charge is 0.463 e. The lowest BCUT2D eigenvalue weighted by Crippen LogP contribution is -2.21. The second-order valence-electron chi connectivity index (χ2n) is 3.52. The van der Waals surface area contributed by atoms with Gasteiger partial charge in [0.2, 0.25) is 0 Å². The zero-order valence-corrected chi connectivity index (χ0v) is 9.83. The lowest BCUT2D eigenvalue weighted by Gasteiger charge is -2.07. The minimum Gasteiger partial charge on any atom is -0.463 e. The molecule has 0 aromatic heterocycles. The SMILES string of the molecule is C=C(CNCc1ccccc1F)C(=O)OCC. The first-order valence-electron chi connectivity index (χ1n) is 5.44. The fourth-order valence-corrected chi connectivity index (χ4v) is 1.30. The van der Waals surface area contributed by atoms with Crippen LogP contribution in [0.4, 0.5) is 4.39 Å². The lowest BCUT2D eigenvalue weighted by atomic mass is 10.2. The van der Waals surface area contributed by atoms with Crippen molar-refractivity contribution in [1.29, 1.82) is 0 Å². The van der Waals surface area contributed by atoms with E-state index in [4.69, 9.17) is 4.74 Å². The third kappa shape index (κ3) is 4.36. The summed E-state index contributed by atoms with van der Waals surface area (Å²) in [6.45, 7) is 6.29. The molecule has 1 N–H and O–H groups in total. The van der Waals surface area contributed by atoms with Crippen molar-refractivity contribution in [3.8, 4) is 0 Å². The summed E-state index contributed by atoms with van der Waals surface area (Å²) in [5.74, 6) is -0.685. The molecule has 0 heterocycles. The molecule has 0 atom stereocenters. The second kappa shape index (κ2) is 6.81. The molecule has 0 aliphatic heterocycles. The molecule has 1 rings (SSSR count). The summed E-state index contributed by atoms with van der Waals surface area (Å²) in [7, 11) is 0. The predicted molar refractivity (Wildman–Crippen MR) is 63.9 cm³/mol. The number of halogens is 1. The number of hydrogen-bond donors (Lipinski definition) is 1. The van der Waals surface area contributed by atoms with E-state index in [1.54, 1.807) is 25.1 Å². The predicted octanol–water partition coefficient (Wildman–Crippen LogP) is 2.03. The highest BCUT2D eigenvalue weighted by molar-refractivity contribution is 5.88. The lowest BCUT2D eigenvalue weighted by molar-refractivity contribution is -0.138. The molecule has 0 bridgehead atoms. The smallest absolute Gasteiger partial charge is 0.334 e. The zero-order chi connectivity index (χ0) is 12.7. The molecule has 0 radical (unpaired) electrons. The van der Waals surface area contributed by atoms with Crippen molar-refractivity contribution in [3.05, 3.63) is 47.8 Å². The fraction of sp³-hybridized carbons (Fsp3) is 0.308. The molecule has 0 amide bonds. The third-order valence-corrected chi connectivity index (χ3v) is 2.18. The molecule has 92 valence electrons. The molecule has 0 fully saturated rings. The van der Waals surface area contributed by atoms with Crippen LogP contribution in [0.3, 0.4) is 0 Å². The van der Waals surface area contributed by atoms with Crippen LogP contribution < -0.4 is 5.32 Å². The maximum Gasteiger partial charge on any atom is 0.334 e. The van der Waals surface area contributed by atoms with Gasteiger partial charge in [-0.25, -0.2) is 9.18 Å². The summed E-state index contributed by atoms with van der Waals surface area (Å²) in [5, 5.41) is 2.94. The average molecular weight is 237 g/mol. The van der Waals surface area contributed by atoms with Gasteiger partial charge in [-0.05, 0) is 13.0 Å². The number of ether oxygens (including phenoxy) is 1. The van der Waals surface area contributed by atoms with E-state index < -0.39 is 5.97 Å². The van der Waals surface area contributed by atoms with Crippen molar-refractivity contribution in [2.45, 2.75) is 13.5 Å². The van der Waals surface area contributed by atoms with Gasteiger partial charge >= 0.3 is 5.97 Å². The molecule has 0 unspecified atom stereocenters. The van der Waals surface area contributed by atoms with Crippen LogP contribution in [-0.4, -0.2) is 19.1 Å². The standard InChI is InChI=1S/C13H16FNO2/c1-3-17-13(16)10(2)8-15-9-11-6-4-5-7-12(11)14/h4-7,15H,2-3,8-9H2,1H3.